The molecule has 146 valence electrons. The number of nitrogens with zero attached hydrogens (tertiary/aromatic N) is 1. The molecule has 5 rings (SSSR count). The van der Waals surface area contributed by atoms with Crippen LogP contribution in [0.15, 0.2) is 0 Å². The maximum atomic E-state index is 7.06. The van der Waals surface area contributed by atoms with E-state index < -0.39 is 17.2 Å². The van der Waals surface area contributed by atoms with Crippen molar-refractivity contribution in [1.82, 2.24) is 3.61 Å². The van der Waals surface area contributed by atoms with Crippen LogP contribution in [0.3, 0.4) is 0 Å². The Labute approximate surface area is 166 Å². The van der Waals surface area contributed by atoms with Crippen molar-refractivity contribution in [2.24, 2.45) is 17.8 Å². The summed E-state index contributed by atoms with van der Waals surface area (Å²) in [6.45, 7) is 2.46. The summed E-state index contributed by atoms with van der Waals surface area (Å²) in [6.07, 6.45) is 20.9. The van der Waals surface area contributed by atoms with Gasteiger partial charge in [-0.05, 0) is 0 Å². The quantitative estimate of drug-likeness (QED) is 0.590. The summed E-state index contributed by atoms with van der Waals surface area (Å²) in [5, 5.41) is 0. The zero-order valence-electron chi connectivity index (χ0n) is 16.8. The van der Waals surface area contributed by atoms with Crippen LogP contribution in [0.4, 0.5) is 0 Å². The van der Waals surface area contributed by atoms with Crippen molar-refractivity contribution in [2.75, 3.05) is 0 Å². The van der Waals surface area contributed by atoms with Crippen molar-refractivity contribution >= 4 is 17.2 Å². The van der Waals surface area contributed by atoms with Crippen molar-refractivity contribution in [1.29, 1.82) is 0 Å². The van der Waals surface area contributed by atoms with Gasteiger partial charge in [-0.15, -0.1) is 0 Å². The Hall–Kier alpha value is 0.516. The van der Waals surface area contributed by atoms with Crippen LogP contribution in [0, 0.1) is 17.8 Å². The van der Waals surface area contributed by atoms with Gasteiger partial charge >= 0.3 is 167 Å². The molecule has 0 aromatic heterocycles. The Bertz CT molecular complexity index is 483. The second-order valence-corrected chi connectivity index (χ2v) is 13.7. The Kier molecular flexibility index (Phi) is 5.77. The molecule has 26 heavy (non-hydrogen) atoms. The Balaban J connectivity index is 1.31. The van der Waals surface area contributed by atoms with E-state index in [2.05, 4.69) is 10.5 Å². The minimum atomic E-state index is -2.26. The molecule has 0 N–H and O–H groups in total. The van der Waals surface area contributed by atoms with E-state index in [4.69, 9.17) is 7.06 Å². The molecule has 0 radical (unpaired) electrons. The topological polar surface area (TPSA) is 21.7 Å². The predicted octanol–water partition coefficient (Wildman–Crippen LogP) is 5.18. The van der Waals surface area contributed by atoms with E-state index in [0.29, 0.717) is 18.2 Å². The molecule has 2 saturated heterocycles. The predicted molar refractivity (Wildman–Crippen MR) is 106 cm³/mol. The van der Waals surface area contributed by atoms with Crippen molar-refractivity contribution in [3.05, 3.63) is 0 Å². The zero-order chi connectivity index (χ0) is 17.5. The minimum absolute atomic E-state index is 0.526. The van der Waals surface area contributed by atoms with E-state index >= 15 is 0 Å². The molecule has 3 saturated carbocycles. The first-order chi connectivity index (χ1) is 12.8. The first-order valence-electron chi connectivity index (χ1n) is 11.9. The summed E-state index contributed by atoms with van der Waals surface area (Å²) in [4.78, 5) is 0. The molecule has 2 heterocycles. The SMILES string of the molecule is CC1CCC2CCCC3[O][Ga]([O]C4CCCCC4C4CCCCC4)[N]1C23. The Morgan fingerprint density at radius 2 is 1.54 bits per heavy atom. The molecular formula is C22H38GaNO2. The van der Waals surface area contributed by atoms with Crippen LogP contribution < -0.4 is 0 Å². The molecule has 6 atom stereocenters. The molecule has 0 spiro atoms. The number of piperidine rings is 1. The number of hydrogen-bond donors (Lipinski definition) is 0. The standard InChI is InChI=1S/C12H21O.C10H17NO.Ga/c13-12-9-5-4-8-11(12)10-6-2-1-3-7-10;1-7-5-6-8-3-2-4-9(12)10(8)11-7;/h10-12H,1-9H2;7-10H,2-6H2,1H3;/q-1;-2;+3. The van der Waals surface area contributed by atoms with Crippen molar-refractivity contribution in [2.45, 2.75) is 121 Å². The Morgan fingerprint density at radius 3 is 2.42 bits per heavy atom. The van der Waals surface area contributed by atoms with E-state index in [1.54, 1.807) is 0 Å². The monoisotopic (exact) mass is 417 g/mol. The fraction of sp³-hybridized carbons (Fsp3) is 1.00. The van der Waals surface area contributed by atoms with E-state index in [1.807, 2.05) is 0 Å². The summed E-state index contributed by atoms with van der Waals surface area (Å²) in [5.74, 6) is 2.70. The average Bonchev–Trinajstić information content (AvgIpc) is 3.06. The van der Waals surface area contributed by atoms with Gasteiger partial charge in [0.1, 0.15) is 0 Å². The van der Waals surface area contributed by atoms with Gasteiger partial charge in [-0.2, -0.15) is 0 Å². The molecule has 3 nitrogen and oxygen atoms in total. The van der Waals surface area contributed by atoms with Crippen LogP contribution in [-0.4, -0.2) is 45.1 Å². The third-order valence-electron chi connectivity index (χ3n) is 8.57. The van der Waals surface area contributed by atoms with E-state index in [0.717, 1.165) is 23.8 Å². The van der Waals surface area contributed by atoms with Gasteiger partial charge in [-0.25, -0.2) is 0 Å². The molecule has 3 aliphatic carbocycles. The van der Waals surface area contributed by atoms with Gasteiger partial charge in [-0.1, -0.05) is 0 Å². The normalized spacial score (nSPS) is 44.9. The van der Waals surface area contributed by atoms with Gasteiger partial charge < -0.3 is 0 Å². The van der Waals surface area contributed by atoms with Crippen LogP contribution in [0.1, 0.15) is 96.8 Å². The average molecular weight is 418 g/mol. The summed E-state index contributed by atoms with van der Waals surface area (Å²) in [7, 11) is 0. The van der Waals surface area contributed by atoms with Crippen LogP contribution in [0.5, 0.6) is 0 Å². The summed E-state index contributed by atoms with van der Waals surface area (Å²) < 4.78 is 16.7. The van der Waals surface area contributed by atoms with Gasteiger partial charge in [-0.3, -0.25) is 0 Å². The van der Waals surface area contributed by atoms with Gasteiger partial charge in [0.2, 0.25) is 0 Å². The van der Waals surface area contributed by atoms with Crippen molar-refractivity contribution in [3.8, 4) is 0 Å². The molecule has 0 amide bonds. The van der Waals surface area contributed by atoms with Gasteiger partial charge in [0, 0.05) is 0 Å². The molecule has 2 aliphatic heterocycles. The summed E-state index contributed by atoms with van der Waals surface area (Å²) >= 11 is -2.26. The molecule has 0 bridgehead atoms. The molecule has 5 aliphatic rings. The Morgan fingerprint density at radius 1 is 0.769 bits per heavy atom. The van der Waals surface area contributed by atoms with Crippen LogP contribution >= 0.6 is 0 Å². The van der Waals surface area contributed by atoms with Gasteiger partial charge in [0.15, 0.2) is 0 Å². The molecule has 0 aromatic rings. The van der Waals surface area contributed by atoms with Crippen LogP contribution in [0.25, 0.3) is 0 Å². The first-order valence-corrected chi connectivity index (χ1v) is 15.0. The molecular weight excluding hydrogens is 380 g/mol. The van der Waals surface area contributed by atoms with Crippen molar-refractivity contribution in [3.63, 3.8) is 0 Å². The molecule has 5 fully saturated rings. The summed E-state index contributed by atoms with van der Waals surface area (Å²) in [6, 6.07) is 1.44. The fourth-order valence-electron chi connectivity index (χ4n) is 7.24. The van der Waals surface area contributed by atoms with Crippen LogP contribution in [0.2, 0.25) is 0 Å². The second-order valence-electron chi connectivity index (χ2n) is 10.1. The van der Waals surface area contributed by atoms with E-state index in [9.17, 15) is 0 Å². The number of rotatable bonds is 3. The third-order valence-corrected chi connectivity index (χ3v) is 13.8. The zero-order valence-corrected chi connectivity index (χ0v) is 19.2. The summed E-state index contributed by atoms with van der Waals surface area (Å²) in [5.41, 5.74) is 0. The van der Waals surface area contributed by atoms with Crippen molar-refractivity contribution < 1.29 is 7.06 Å². The molecule has 0 aromatic carbocycles. The third kappa shape index (κ3) is 3.47. The fourth-order valence-corrected chi connectivity index (χ4v) is 13.2. The van der Waals surface area contributed by atoms with Gasteiger partial charge in [0.25, 0.3) is 0 Å². The van der Waals surface area contributed by atoms with Crippen LogP contribution in [-0.2, 0) is 7.06 Å². The first kappa shape index (κ1) is 18.5. The van der Waals surface area contributed by atoms with E-state index in [-0.39, 0.29) is 0 Å². The molecule has 6 unspecified atom stereocenters. The van der Waals surface area contributed by atoms with Gasteiger partial charge in [0.05, 0.1) is 0 Å². The number of hydrogen-bond acceptors (Lipinski definition) is 3. The molecule has 4 heteroatoms. The van der Waals surface area contributed by atoms with E-state index in [1.165, 1.54) is 89.9 Å². The maximum absolute atomic E-state index is 7.06. The second kappa shape index (κ2) is 8.10.